The van der Waals surface area contributed by atoms with Gasteiger partial charge in [-0.3, -0.25) is 4.79 Å². The van der Waals surface area contributed by atoms with Crippen LogP contribution in [0.3, 0.4) is 0 Å². The third-order valence-electron chi connectivity index (χ3n) is 3.31. The van der Waals surface area contributed by atoms with Gasteiger partial charge in [-0.1, -0.05) is 0 Å². The van der Waals surface area contributed by atoms with Crippen molar-refractivity contribution in [2.75, 3.05) is 0 Å². The predicted octanol–water partition coefficient (Wildman–Crippen LogP) is 2.17. The first kappa shape index (κ1) is 18.1. The SMILES string of the molecule is C[C@H](OC(=O)[C@H](C)Oc1ccc(C#N)cc1)C(=O)NCc1ccco1. The summed E-state index contributed by atoms with van der Waals surface area (Å²) in [6, 6.07) is 11.8. The van der Waals surface area contributed by atoms with Gasteiger partial charge in [0.05, 0.1) is 24.4 Å². The molecule has 1 amide bonds. The molecule has 0 bridgehead atoms. The Morgan fingerprint density at radius 3 is 2.52 bits per heavy atom. The van der Waals surface area contributed by atoms with E-state index in [2.05, 4.69) is 5.32 Å². The molecule has 0 saturated carbocycles. The maximum atomic E-state index is 12.0. The van der Waals surface area contributed by atoms with Gasteiger partial charge in [-0.2, -0.15) is 5.26 Å². The fraction of sp³-hybridized carbons (Fsp3) is 0.278. The van der Waals surface area contributed by atoms with E-state index in [0.29, 0.717) is 17.1 Å². The predicted molar refractivity (Wildman–Crippen MR) is 87.4 cm³/mol. The Hall–Kier alpha value is -3.27. The Morgan fingerprint density at radius 2 is 1.92 bits per heavy atom. The first-order valence-corrected chi connectivity index (χ1v) is 7.67. The molecule has 0 radical (unpaired) electrons. The molecule has 0 aliphatic carbocycles. The molecular formula is C18H18N2O5. The summed E-state index contributed by atoms with van der Waals surface area (Å²) in [5.41, 5.74) is 0.490. The standard InChI is InChI=1S/C18H18N2O5/c1-12(17(21)20-11-16-4-3-9-23-16)25-18(22)13(2)24-15-7-5-14(10-19)6-8-15/h3-9,12-13H,11H2,1-2H3,(H,20,21)/t12-,13-/m0/s1. The quantitative estimate of drug-likeness (QED) is 0.774. The van der Waals surface area contributed by atoms with Crippen molar-refractivity contribution < 1.29 is 23.5 Å². The monoisotopic (exact) mass is 342 g/mol. The molecule has 1 heterocycles. The van der Waals surface area contributed by atoms with Crippen LogP contribution in [0.1, 0.15) is 25.2 Å². The highest BCUT2D eigenvalue weighted by molar-refractivity contribution is 5.84. The van der Waals surface area contributed by atoms with E-state index in [1.165, 1.54) is 20.1 Å². The molecule has 2 aromatic rings. The van der Waals surface area contributed by atoms with Crippen molar-refractivity contribution in [1.82, 2.24) is 5.32 Å². The van der Waals surface area contributed by atoms with Crippen LogP contribution in [-0.4, -0.2) is 24.1 Å². The van der Waals surface area contributed by atoms with Crippen LogP contribution in [-0.2, 0) is 20.9 Å². The maximum Gasteiger partial charge on any atom is 0.347 e. The minimum Gasteiger partial charge on any atom is -0.479 e. The largest absolute Gasteiger partial charge is 0.479 e. The molecule has 0 aliphatic heterocycles. The summed E-state index contributed by atoms with van der Waals surface area (Å²) in [5, 5.41) is 11.4. The number of benzene rings is 1. The van der Waals surface area contributed by atoms with Crippen LogP contribution in [0.25, 0.3) is 0 Å². The summed E-state index contributed by atoms with van der Waals surface area (Å²) in [6.45, 7) is 3.21. The number of amides is 1. The zero-order chi connectivity index (χ0) is 18.2. The molecule has 25 heavy (non-hydrogen) atoms. The van der Waals surface area contributed by atoms with Gasteiger partial charge in [-0.15, -0.1) is 0 Å². The van der Waals surface area contributed by atoms with Crippen molar-refractivity contribution in [1.29, 1.82) is 5.26 Å². The number of rotatable bonds is 7. The van der Waals surface area contributed by atoms with Crippen LogP contribution < -0.4 is 10.1 Å². The summed E-state index contributed by atoms with van der Waals surface area (Å²) in [6.07, 6.45) is -0.352. The van der Waals surface area contributed by atoms with Crippen LogP contribution in [0, 0.1) is 11.3 Å². The summed E-state index contributed by atoms with van der Waals surface area (Å²) in [5.74, 6) is -0.0666. The third kappa shape index (κ3) is 5.39. The first-order valence-electron chi connectivity index (χ1n) is 7.67. The van der Waals surface area contributed by atoms with Crippen molar-refractivity contribution in [2.24, 2.45) is 0 Å². The number of nitrogens with zero attached hydrogens (tertiary/aromatic N) is 1. The van der Waals surface area contributed by atoms with Gasteiger partial charge in [0.15, 0.2) is 12.2 Å². The number of esters is 1. The van der Waals surface area contributed by atoms with Crippen molar-refractivity contribution in [3.63, 3.8) is 0 Å². The molecule has 0 spiro atoms. The first-order chi connectivity index (χ1) is 12.0. The number of nitrogens with one attached hydrogen (secondary N) is 1. The van der Waals surface area contributed by atoms with Gasteiger partial charge in [-0.25, -0.2) is 4.79 Å². The molecule has 7 heteroatoms. The Kier molecular flexibility index (Phi) is 6.18. The number of nitriles is 1. The van der Waals surface area contributed by atoms with Gasteiger partial charge in [0, 0.05) is 0 Å². The lowest BCUT2D eigenvalue weighted by Gasteiger charge is -2.17. The van der Waals surface area contributed by atoms with Gasteiger partial charge >= 0.3 is 5.97 Å². The molecule has 130 valence electrons. The molecule has 0 aliphatic rings. The molecule has 1 N–H and O–H groups in total. The molecule has 0 unspecified atom stereocenters. The molecule has 1 aromatic carbocycles. The number of carbonyl (C=O) groups is 2. The van der Waals surface area contributed by atoms with E-state index in [0.717, 1.165) is 0 Å². The molecule has 1 aromatic heterocycles. The second-order valence-corrected chi connectivity index (χ2v) is 5.27. The Labute approximate surface area is 145 Å². The van der Waals surface area contributed by atoms with E-state index in [1.807, 2.05) is 6.07 Å². The highest BCUT2D eigenvalue weighted by atomic mass is 16.6. The zero-order valence-electron chi connectivity index (χ0n) is 13.9. The maximum absolute atomic E-state index is 12.0. The van der Waals surface area contributed by atoms with Crippen LogP contribution >= 0.6 is 0 Å². The smallest absolute Gasteiger partial charge is 0.347 e. The normalized spacial score (nSPS) is 12.5. The fourth-order valence-electron chi connectivity index (χ4n) is 1.91. The van der Waals surface area contributed by atoms with Crippen LogP contribution in [0.2, 0.25) is 0 Å². The lowest BCUT2D eigenvalue weighted by molar-refractivity contribution is -0.160. The van der Waals surface area contributed by atoms with Gasteiger partial charge in [0.25, 0.3) is 5.91 Å². The summed E-state index contributed by atoms with van der Waals surface area (Å²) < 4.78 is 15.6. The lowest BCUT2D eigenvalue weighted by Crippen LogP contribution is -2.38. The second-order valence-electron chi connectivity index (χ2n) is 5.27. The van der Waals surface area contributed by atoms with Crippen molar-refractivity contribution >= 4 is 11.9 Å². The summed E-state index contributed by atoms with van der Waals surface area (Å²) in [7, 11) is 0. The molecule has 0 saturated heterocycles. The Balaban J connectivity index is 1.80. The van der Waals surface area contributed by atoms with Gasteiger partial charge < -0.3 is 19.2 Å². The van der Waals surface area contributed by atoms with Crippen LogP contribution in [0.5, 0.6) is 5.75 Å². The highest BCUT2D eigenvalue weighted by Crippen LogP contribution is 2.14. The molecule has 7 nitrogen and oxygen atoms in total. The molecule has 0 fully saturated rings. The van der Waals surface area contributed by atoms with E-state index in [1.54, 1.807) is 36.4 Å². The van der Waals surface area contributed by atoms with E-state index < -0.39 is 24.1 Å². The number of hydrogen-bond donors (Lipinski definition) is 1. The number of hydrogen-bond acceptors (Lipinski definition) is 6. The van der Waals surface area contributed by atoms with Gasteiger partial charge in [0.1, 0.15) is 11.5 Å². The molecular weight excluding hydrogens is 324 g/mol. The lowest BCUT2D eigenvalue weighted by atomic mass is 10.2. The fourth-order valence-corrected chi connectivity index (χ4v) is 1.91. The van der Waals surface area contributed by atoms with Crippen molar-refractivity contribution in [3.8, 4) is 11.8 Å². The summed E-state index contributed by atoms with van der Waals surface area (Å²) in [4.78, 5) is 23.9. The third-order valence-corrected chi connectivity index (χ3v) is 3.31. The van der Waals surface area contributed by atoms with E-state index in [9.17, 15) is 9.59 Å². The van der Waals surface area contributed by atoms with Crippen molar-refractivity contribution in [3.05, 3.63) is 54.0 Å². The number of furan rings is 1. The molecule has 2 rings (SSSR count). The second kappa shape index (κ2) is 8.55. The minimum atomic E-state index is -0.963. The zero-order valence-corrected chi connectivity index (χ0v) is 13.9. The minimum absolute atomic E-state index is 0.213. The number of carbonyl (C=O) groups excluding carboxylic acids is 2. The average molecular weight is 342 g/mol. The number of ether oxygens (including phenoxy) is 2. The Morgan fingerprint density at radius 1 is 1.20 bits per heavy atom. The van der Waals surface area contributed by atoms with Gasteiger partial charge in [-0.05, 0) is 50.2 Å². The highest BCUT2D eigenvalue weighted by Gasteiger charge is 2.23. The van der Waals surface area contributed by atoms with Gasteiger partial charge in [0.2, 0.25) is 0 Å². The van der Waals surface area contributed by atoms with E-state index >= 15 is 0 Å². The Bertz CT molecular complexity index is 747. The van der Waals surface area contributed by atoms with E-state index in [4.69, 9.17) is 19.2 Å². The average Bonchev–Trinajstić information content (AvgIpc) is 3.13. The van der Waals surface area contributed by atoms with Crippen molar-refractivity contribution in [2.45, 2.75) is 32.6 Å². The van der Waals surface area contributed by atoms with Crippen LogP contribution in [0.15, 0.2) is 47.1 Å². The topological polar surface area (TPSA) is 102 Å². The van der Waals surface area contributed by atoms with E-state index in [-0.39, 0.29) is 6.54 Å². The molecule has 2 atom stereocenters. The summed E-state index contributed by atoms with van der Waals surface area (Å²) >= 11 is 0. The van der Waals surface area contributed by atoms with Crippen LogP contribution in [0.4, 0.5) is 0 Å².